The molecule has 0 aliphatic rings. The Hall–Kier alpha value is -3.00. The summed E-state index contributed by atoms with van der Waals surface area (Å²) >= 11 is 1.44. The monoisotopic (exact) mass is 350 g/mol. The zero-order valence-corrected chi connectivity index (χ0v) is 14.2. The molecule has 0 N–H and O–H groups in total. The van der Waals surface area contributed by atoms with E-state index < -0.39 is 0 Å². The molecular weight excluding hydrogens is 336 g/mol. The van der Waals surface area contributed by atoms with Crippen molar-refractivity contribution in [1.82, 2.24) is 29.6 Å². The highest BCUT2D eigenvalue weighted by Crippen LogP contribution is 2.21. The minimum absolute atomic E-state index is 0.0908. The van der Waals surface area contributed by atoms with Gasteiger partial charge in [0.2, 0.25) is 5.16 Å². The zero-order chi connectivity index (χ0) is 17.2. The Morgan fingerprint density at radius 1 is 1.12 bits per heavy atom. The molecule has 0 bridgehead atoms. The average molecular weight is 350 g/mol. The van der Waals surface area contributed by atoms with Gasteiger partial charge in [0.05, 0.1) is 11.4 Å². The van der Waals surface area contributed by atoms with Crippen molar-refractivity contribution in [2.24, 2.45) is 0 Å². The normalized spacial score (nSPS) is 11.1. The molecule has 0 unspecified atom stereocenters. The van der Waals surface area contributed by atoms with Gasteiger partial charge in [-0.1, -0.05) is 36.0 Å². The first-order valence-electron chi connectivity index (χ1n) is 7.66. The van der Waals surface area contributed by atoms with Crippen molar-refractivity contribution in [1.29, 1.82) is 0 Å². The largest absolute Gasteiger partial charge is 0.269 e. The number of fused-ring (bicyclic) bond motifs is 1. The second kappa shape index (κ2) is 6.48. The van der Waals surface area contributed by atoms with E-state index in [0.29, 0.717) is 22.3 Å². The molecule has 0 atom stereocenters. The number of rotatable bonds is 4. The SMILES string of the molecule is Cc1ccc2nc(CSc3nnnn3-c3ccccc3)cc(=O)n2c1. The van der Waals surface area contributed by atoms with Gasteiger partial charge in [-0.25, -0.2) is 4.98 Å². The first-order valence-corrected chi connectivity index (χ1v) is 8.65. The summed E-state index contributed by atoms with van der Waals surface area (Å²) in [5.41, 5.74) is 3.14. The Balaban J connectivity index is 1.61. The fourth-order valence-corrected chi connectivity index (χ4v) is 3.25. The standard InChI is InChI=1S/C17H14N6OS/c1-12-7-8-15-18-13(9-16(24)22(15)10-12)11-25-17-19-20-21-23(17)14-5-3-2-4-6-14/h2-10H,11H2,1H3. The van der Waals surface area contributed by atoms with Gasteiger partial charge in [0, 0.05) is 18.0 Å². The van der Waals surface area contributed by atoms with E-state index in [1.807, 2.05) is 49.4 Å². The van der Waals surface area contributed by atoms with Crippen molar-refractivity contribution < 1.29 is 0 Å². The summed E-state index contributed by atoms with van der Waals surface area (Å²) in [4.78, 5) is 16.8. The van der Waals surface area contributed by atoms with E-state index in [0.717, 1.165) is 11.3 Å². The Bertz CT molecular complexity index is 1090. The van der Waals surface area contributed by atoms with Crippen molar-refractivity contribution in [2.45, 2.75) is 17.8 Å². The lowest BCUT2D eigenvalue weighted by Gasteiger charge is -2.05. The van der Waals surface area contributed by atoms with Crippen molar-refractivity contribution in [3.05, 3.63) is 76.3 Å². The smallest absolute Gasteiger partial charge is 0.258 e. The van der Waals surface area contributed by atoms with Gasteiger partial charge in [-0.3, -0.25) is 9.20 Å². The molecule has 7 nitrogen and oxygen atoms in total. The number of nitrogens with zero attached hydrogens (tertiary/aromatic N) is 6. The van der Waals surface area contributed by atoms with Crippen LogP contribution < -0.4 is 5.56 Å². The van der Waals surface area contributed by atoms with E-state index >= 15 is 0 Å². The maximum absolute atomic E-state index is 12.3. The van der Waals surface area contributed by atoms with Crippen LogP contribution in [-0.4, -0.2) is 29.6 Å². The third kappa shape index (κ3) is 3.16. The molecule has 0 aliphatic carbocycles. The van der Waals surface area contributed by atoms with E-state index in [-0.39, 0.29) is 5.56 Å². The third-order valence-electron chi connectivity index (χ3n) is 3.65. The summed E-state index contributed by atoms with van der Waals surface area (Å²) < 4.78 is 3.22. The van der Waals surface area contributed by atoms with E-state index in [4.69, 9.17) is 0 Å². The molecule has 0 radical (unpaired) electrons. The van der Waals surface area contributed by atoms with Crippen LogP contribution >= 0.6 is 11.8 Å². The lowest BCUT2D eigenvalue weighted by Crippen LogP contribution is -2.15. The van der Waals surface area contributed by atoms with Crippen LogP contribution in [0.5, 0.6) is 0 Å². The highest BCUT2D eigenvalue weighted by molar-refractivity contribution is 7.98. The molecule has 0 spiro atoms. The van der Waals surface area contributed by atoms with Crippen LogP contribution in [0.1, 0.15) is 11.3 Å². The van der Waals surface area contributed by atoms with Crippen molar-refractivity contribution in [3.63, 3.8) is 0 Å². The van der Waals surface area contributed by atoms with Crippen LogP contribution in [0.25, 0.3) is 11.3 Å². The van der Waals surface area contributed by atoms with E-state index in [1.165, 1.54) is 11.8 Å². The molecule has 1 aromatic carbocycles. The van der Waals surface area contributed by atoms with Crippen molar-refractivity contribution in [2.75, 3.05) is 0 Å². The fraction of sp³-hybridized carbons (Fsp3) is 0.118. The van der Waals surface area contributed by atoms with Gasteiger partial charge in [-0.15, -0.1) is 5.10 Å². The molecule has 0 saturated heterocycles. The van der Waals surface area contributed by atoms with Crippen LogP contribution in [0.3, 0.4) is 0 Å². The quantitative estimate of drug-likeness (QED) is 0.526. The predicted molar refractivity (Wildman–Crippen MR) is 94.9 cm³/mol. The van der Waals surface area contributed by atoms with Crippen LogP contribution in [-0.2, 0) is 5.75 Å². The number of hydrogen-bond acceptors (Lipinski definition) is 6. The second-order valence-electron chi connectivity index (χ2n) is 5.52. The van der Waals surface area contributed by atoms with Crippen molar-refractivity contribution >= 4 is 17.4 Å². The Kier molecular flexibility index (Phi) is 4.02. The van der Waals surface area contributed by atoms with Crippen molar-refractivity contribution in [3.8, 4) is 5.69 Å². The summed E-state index contributed by atoms with van der Waals surface area (Å²) in [7, 11) is 0. The van der Waals surface area contributed by atoms with Crippen LogP contribution in [0.4, 0.5) is 0 Å². The minimum atomic E-state index is -0.0908. The highest BCUT2D eigenvalue weighted by atomic mass is 32.2. The maximum Gasteiger partial charge on any atom is 0.258 e. The summed E-state index contributed by atoms with van der Waals surface area (Å²) in [6, 6.07) is 15.0. The number of aryl methyl sites for hydroxylation is 1. The van der Waals surface area contributed by atoms with Gasteiger partial charge in [-0.05, 0) is 41.1 Å². The highest BCUT2D eigenvalue weighted by Gasteiger charge is 2.10. The van der Waals surface area contributed by atoms with Gasteiger partial charge < -0.3 is 0 Å². The van der Waals surface area contributed by atoms with Gasteiger partial charge in [0.15, 0.2) is 0 Å². The third-order valence-corrected chi connectivity index (χ3v) is 4.60. The number of aromatic nitrogens is 6. The van der Waals surface area contributed by atoms with E-state index in [2.05, 4.69) is 20.5 Å². The molecule has 25 heavy (non-hydrogen) atoms. The molecule has 0 saturated carbocycles. The maximum atomic E-state index is 12.3. The molecule has 124 valence electrons. The van der Waals surface area contributed by atoms with Gasteiger partial charge >= 0.3 is 0 Å². The average Bonchev–Trinajstić information content (AvgIpc) is 3.10. The lowest BCUT2D eigenvalue weighted by atomic mass is 10.3. The molecule has 0 aliphatic heterocycles. The number of hydrogen-bond donors (Lipinski definition) is 0. The van der Waals surface area contributed by atoms with Crippen LogP contribution in [0.2, 0.25) is 0 Å². The summed E-state index contributed by atoms with van der Waals surface area (Å²) in [6.45, 7) is 1.94. The van der Waals surface area contributed by atoms with Crippen LogP contribution in [0, 0.1) is 6.92 Å². The Morgan fingerprint density at radius 2 is 1.96 bits per heavy atom. The Morgan fingerprint density at radius 3 is 2.80 bits per heavy atom. The molecule has 0 fully saturated rings. The van der Waals surface area contributed by atoms with E-state index in [9.17, 15) is 4.79 Å². The first-order chi connectivity index (χ1) is 12.2. The number of tetrazole rings is 1. The number of benzene rings is 1. The van der Waals surface area contributed by atoms with Gasteiger partial charge in [-0.2, -0.15) is 4.68 Å². The molecular formula is C17H14N6OS. The summed E-state index contributed by atoms with van der Waals surface area (Å²) in [5.74, 6) is 0.507. The number of para-hydroxylation sites is 1. The molecule has 8 heteroatoms. The second-order valence-corrected chi connectivity index (χ2v) is 6.46. The van der Waals surface area contributed by atoms with Crippen LogP contribution in [0.15, 0.2) is 64.7 Å². The lowest BCUT2D eigenvalue weighted by molar-refractivity contribution is 0.756. The predicted octanol–water partition coefficient (Wildman–Crippen LogP) is 2.27. The topological polar surface area (TPSA) is 78.0 Å². The molecule has 3 heterocycles. The number of pyridine rings is 1. The summed E-state index contributed by atoms with van der Waals surface area (Å²) in [5, 5.41) is 12.5. The molecule has 0 amide bonds. The van der Waals surface area contributed by atoms with Gasteiger partial charge in [0.25, 0.3) is 5.56 Å². The van der Waals surface area contributed by atoms with Gasteiger partial charge in [0.1, 0.15) is 5.65 Å². The fourth-order valence-electron chi connectivity index (χ4n) is 2.47. The molecule has 3 aromatic heterocycles. The molecule has 4 aromatic rings. The summed E-state index contributed by atoms with van der Waals surface area (Å²) in [6.07, 6.45) is 1.79. The first kappa shape index (κ1) is 15.5. The number of thioether (sulfide) groups is 1. The molecule has 4 rings (SSSR count). The Labute approximate surface area is 147 Å². The van der Waals surface area contributed by atoms with E-state index in [1.54, 1.807) is 21.3 Å². The zero-order valence-electron chi connectivity index (χ0n) is 13.4. The minimum Gasteiger partial charge on any atom is -0.269 e.